The second kappa shape index (κ2) is 5.69. The number of aliphatic hydroxyl groups is 1. The molecular weight excluding hydrogens is 282 g/mol. The Morgan fingerprint density at radius 2 is 1.41 bits per heavy atom. The summed E-state index contributed by atoms with van der Waals surface area (Å²) in [6.07, 6.45) is -1.02. The van der Waals surface area contributed by atoms with Crippen LogP contribution in [0.2, 0.25) is 0 Å². The number of hydrogen-bond acceptors (Lipinski definition) is 4. The van der Waals surface area contributed by atoms with E-state index in [-0.39, 0.29) is 11.9 Å². The average Bonchev–Trinajstić information content (AvgIpc) is 2.59. The van der Waals surface area contributed by atoms with Gasteiger partial charge in [-0.2, -0.15) is 0 Å². The molecule has 1 N–H and O–H groups in total. The van der Waals surface area contributed by atoms with Crippen molar-refractivity contribution in [2.45, 2.75) is 12.1 Å². The average molecular weight is 299 g/mol. The minimum atomic E-state index is -1.02. The van der Waals surface area contributed by atoms with E-state index < -0.39 is 6.10 Å². The molecule has 0 aliphatic carbocycles. The van der Waals surface area contributed by atoms with Gasteiger partial charge in [-0.3, -0.25) is 9.69 Å². The van der Waals surface area contributed by atoms with Crippen LogP contribution in [0.3, 0.4) is 0 Å². The van der Waals surface area contributed by atoms with Crippen LogP contribution in [0.5, 0.6) is 11.5 Å². The Hall–Kier alpha value is -2.53. The highest BCUT2D eigenvalue weighted by Gasteiger charge is 2.47. The number of amides is 1. The van der Waals surface area contributed by atoms with E-state index in [0.717, 1.165) is 22.7 Å². The van der Waals surface area contributed by atoms with E-state index in [1.165, 1.54) is 0 Å². The highest BCUT2D eigenvalue weighted by molar-refractivity contribution is 6.04. The maximum atomic E-state index is 12.0. The monoisotopic (exact) mass is 299 g/mol. The molecule has 0 aromatic heterocycles. The van der Waals surface area contributed by atoms with Gasteiger partial charge in [-0.25, -0.2) is 0 Å². The SMILES string of the molecule is COc1ccc([C@@H]2[C@H](O)C(=O)N2c2ccc(OC)cc2)cc1. The molecule has 2 aromatic carbocycles. The van der Waals surface area contributed by atoms with Gasteiger partial charge in [0.25, 0.3) is 5.91 Å². The van der Waals surface area contributed by atoms with Crippen molar-refractivity contribution < 1.29 is 19.4 Å². The number of anilines is 1. The van der Waals surface area contributed by atoms with Gasteiger partial charge in [0.15, 0.2) is 6.10 Å². The third-order valence-corrected chi connectivity index (χ3v) is 3.88. The molecule has 1 heterocycles. The van der Waals surface area contributed by atoms with E-state index in [0.29, 0.717) is 0 Å². The first-order valence-corrected chi connectivity index (χ1v) is 6.95. The molecule has 1 aliphatic heterocycles. The van der Waals surface area contributed by atoms with E-state index in [1.54, 1.807) is 43.4 Å². The zero-order valence-electron chi connectivity index (χ0n) is 12.4. The minimum absolute atomic E-state index is 0.300. The summed E-state index contributed by atoms with van der Waals surface area (Å²) in [6.45, 7) is 0. The van der Waals surface area contributed by atoms with Gasteiger partial charge in [0.2, 0.25) is 0 Å². The number of rotatable bonds is 4. The normalized spacial score (nSPS) is 20.5. The number of hydrogen-bond donors (Lipinski definition) is 1. The van der Waals surface area contributed by atoms with Crippen LogP contribution in [0.1, 0.15) is 11.6 Å². The fourth-order valence-corrected chi connectivity index (χ4v) is 2.64. The van der Waals surface area contributed by atoms with Crippen molar-refractivity contribution in [2.24, 2.45) is 0 Å². The third kappa shape index (κ3) is 2.29. The smallest absolute Gasteiger partial charge is 0.259 e. The Labute approximate surface area is 128 Å². The van der Waals surface area contributed by atoms with Crippen molar-refractivity contribution in [3.05, 3.63) is 54.1 Å². The summed E-state index contributed by atoms with van der Waals surface area (Å²) < 4.78 is 10.2. The molecule has 0 saturated carbocycles. The van der Waals surface area contributed by atoms with Gasteiger partial charge in [-0.1, -0.05) is 12.1 Å². The van der Waals surface area contributed by atoms with Gasteiger partial charge in [-0.15, -0.1) is 0 Å². The van der Waals surface area contributed by atoms with Gasteiger partial charge in [0, 0.05) is 5.69 Å². The summed E-state index contributed by atoms with van der Waals surface area (Å²) in [4.78, 5) is 13.6. The Balaban J connectivity index is 1.89. The van der Waals surface area contributed by atoms with Crippen LogP contribution in [0.25, 0.3) is 0 Å². The summed E-state index contributed by atoms with van der Waals surface area (Å²) in [5.74, 6) is 1.16. The van der Waals surface area contributed by atoms with E-state index in [9.17, 15) is 9.90 Å². The first kappa shape index (κ1) is 14.4. The van der Waals surface area contributed by atoms with Crippen LogP contribution in [0.15, 0.2) is 48.5 Å². The second-order valence-electron chi connectivity index (χ2n) is 5.07. The zero-order chi connectivity index (χ0) is 15.7. The minimum Gasteiger partial charge on any atom is -0.497 e. The lowest BCUT2D eigenvalue weighted by molar-refractivity contribution is -0.137. The van der Waals surface area contributed by atoms with Crippen molar-refractivity contribution in [2.75, 3.05) is 19.1 Å². The largest absolute Gasteiger partial charge is 0.497 e. The molecule has 5 heteroatoms. The number of carbonyl (C=O) groups excluding carboxylic acids is 1. The van der Waals surface area contributed by atoms with Gasteiger partial charge < -0.3 is 14.6 Å². The van der Waals surface area contributed by atoms with Crippen molar-refractivity contribution in [3.63, 3.8) is 0 Å². The highest BCUT2D eigenvalue weighted by atomic mass is 16.5. The molecule has 1 amide bonds. The van der Waals surface area contributed by atoms with Crippen LogP contribution in [-0.4, -0.2) is 31.3 Å². The second-order valence-corrected chi connectivity index (χ2v) is 5.07. The summed E-state index contributed by atoms with van der Waals surface area (Å²) in [7, 11) is 3.19. The molecule has 2 aromatic rings. The molecule has 2 atom stereocenters. The summed E-state index contributed by atoms with van der Waals surface area (Å²) in [5.41, 5.74) is 1.60. The molecule has 3 rings (SSSR count). The number of carbonyl (C=O) groups is 1. The number of ether oxygens (including phenoxy) is 2. The maximum Gasteiger partial charge on any atom is 0.259 e. The van der Waals surface area contributed by atoms with Gasteiger partial charge in [0.05, 0.1) is 20.3 Å². The van der Waals surface area contributed by atoms with Gasteiger partial charge in [-0.05, 0) is 42.0 Å². The van der Waals surface area contributed by atoms with Crippen LogP contribution < -0.4 is 14.4 Å². The van der Waals surface area contributed by atoms with E-state index >= 15 is 0 Å². The Morgan fingerprint density at radius 3 is 1.91 bits per heavy atom. The van der Waals surface area contributed by atoms with Gasteiger partial charge in [0.1, 0.15) is 11.5 Å². The number of aliphatic hydroxyl groups excluding tert-OH is 1. The predicted octanol–water partition coefficient (Wildman–Crippen LogP) is 2.15. The maximum absolute atomic E-state index is 12.0. The number of nitrogens with zero attached hydrogens (tertiary/aromatic N) is 1. The highest BCUT2D eigenvalue weighted by Crippen LogP contribution is 2.39. The lowest BCUT2D eigenvalue weighted by atomic mass is 9.90. The standard InChI is InChI=1S/C17H17NO4/c1-21-13-7-3-11(4-8-13)15-16(19)17(20)18(15)12-5-9-14(22-2)10-6-12/h3-10,15-16,19H,1-2H3/t15-,16+/m1/s1. The number of benzene rings is 2. The van der Waals surface area contributed by atoms with Crippen LogP contribution in [0.4, 0.5) is 5.69 Å². The zero-order valence-corrected chi connectivity index (χ0v) is 12.4. The first-order valence-electron chi connectivity index (χ1n) is 6.95. The lowest BCUT2D eigenvalue weighted by Crippen LogP contribution is -2.59. The summed E-state index contributed by atoms with van der Waals surface area (Å²) in [6, 6.07) is 14.2. The van der Waals surface area contributed by atoms with Crippen molar-refractivity contribution in [3.8, 4) is 11.5 Å². The van der Waals surface area contributed by atoms with Crippen LogP contribution in [0, 0.1) is 0 Å². The Bertz CT molecular complexity index is 666. The van der Waals surface area contributed by atoms with Gasteiger partial charge >= 0.3 is 0 Å². The Kier molecular flexibility index (Phi) is 3.73. The number of β-lactam (4-membered cyclic amide) rings is 1. The van der Waals surface area contributed by atoms with E-state index in [2.05, 4.69) is 0 Å². The van der Waals surface area contributed by atoms with Crippen molar-refractivity contribution in [1.82, 2.24) is 0 Å². The fraction of sp³-hybridized carbons (Fsp3) is 0.235. The molecule has 0 radical (unpaired) electrons. The number of methoxy groups -OCH3 is 2. The summed E-state index contributed by atoms with van der Waals surface area (Å²) >= 11 is 0. The molecule has 0 spiro atoms. The first-order chi connectivity index (χ1) is 10.7. The molecular formula is C17H17NO4. The quantitative estimate of drug-likeness (QED) is 0.879. The third-order valence-electron chi connectivity index (χ3n) is 3.88. The summed E-state index contributed by atoms with van der Waals surface area (Å²) in [5, 5.41) is 10.0. The fourth-order valence-electron chi connectivity index (χ4n) is 2.64. The van der Waals surface area contributed by atoms with Crippen LogP contribution in [-0.2, 0) is 4.79 Å². The van der Waals surface area contributed by atoms with Crippen LogP contribution >= 0.6 is 0 Å². The molecule has 22 heavy (non-hydrogen) atoms. The lowest BCUT2D eigenvalue weighted by Gasteiger charge is -2.44. The molecule has 0 bridgehead atoms. The molecule has 1 fully saturated rings. The topological polar surface area (TPSA) is 59.0 Å². The van der Waals surface area contributed by atoms with E-state index in [1.807, 2.05) is 24.3 Å². The Morgan fingerprint density at radius 1 is 0.909 bits per heavy atom. The molecule has 5 nitrogen and oxygen atoms in total. The van der Waals surface area contributed by atoms with Crippen molar-refractivity contribution >= 4 is 11.6 Å². The molecule has 1 saturated heterocycles. The van der Waals surface area contributed by atoms with Crippen molar-refractivity contribution in [1.29, 1.82) is 0 Å². The molecule has 0 unspecified atom stereocenters. The molecule has 1 aliphatic rings. The predicted molar refractivity (Wildman–Crippen MR) is 82.2 cm³/mol. The van der Waals surface area contributed by atoms with E-state index in [4.69, 9.17) is 9.47 Å². The molecule has 114 valence electrons.